The van der Waals surface area contributed by atoms with Crippen LogP contribution in [0.4, 0.5) is 0 Å². The van der Waals surface area contributed by atoms with Gasteiger partial charge in [0, 0.05) is 29.4 Å². The number of ether oxygens (including phenoxy) is 7. The Labute approximate surface area is 288 Å². The summed E-state index contributed by atoms with van der Waals surface area (Å²) in [6.45, 7) is 2.29. The van der Waals surface area contributed by atoms with Gasteiger partial charge in [-0.05, 0) is 12.1 Å². The molecule has 1 aromatic heterocycles. The summed E-state index contributed by atoms with van der Waals surface area (Å²) in [5.41, 5.74) is -0.793. The molecule has 2 saturated heterocycles. The average molecular weight is 727 g/mol. The highest BCUT2D eigenvalue weighted by atomic mass is 16.8. The fraction of sp³-hybridized carbons (Fsp3) is 0.531. The molecule has 0 aliphatic carbocycles. The summed E-state index contributed by atoms with van der Waals surface area (Å²) in [7, 11) is 1.09. The number of phenols is 1. The Balaban J connectivity index is 1.27. The molecule has 2 aromatic rings. The number of hydrogen-bond donors (Lipinski definition) is 8. The highest BCUT2D eigenvalue weighted by molar-refractivity contribution is 5.90. The molecule has 19 nitrogen and oxygen atoms in total. The third kappa shape index (κ3) is 8.02. The van der Waals surface area contributed by atoms with Crippen molar-refractivity contribution in [2.24, 2.45) is 11.8 Å². The molecule has 280 valence electrons. The van der Waals surface area contributed by atoms with E-state index in [1.54, 1.807) is 0 Å². The maximum Gasteiger partial charge on any atom is 0.337 e. The normalized spacial score (nSPS) is 35.3. The van der Waals surface area contributed by atoms with Crippen LogP contribution in [0.2, 0.25) is 0 Å². The molecule has 1 aromatic carbocycles. The van der Waals surface area contributed by atoms with Crippen LogP contribution < -0.4 is 10.4 Å². The Morgan fingerprint density at radius 3 is 2.24 bits per heavy atom. The van der Waals surface area contributed by atoms with Crippen LogP contribution in [-0.4, -0.2) is 141 Å². The summed E-state index contributed by atoms with van der Waals surface area (Å²) in [6.07, 6.45) is -16.6. The molecule has 13 atom stereocenters. The maximum absolute atomic E-state index is 13.2. The monoisotopic (exact) mass is 726 g/mol. The summed E-state index contributed by atoms with van der Waals surface area (Å²) in [5, 5.41) is 82.6. The molecule has 0 saturated carbocycles. The van der Waals surface area contributed by atoms with E-state index in [4.69, 9.17) is 37.6 Å². The van der Waals surface area contributed by atoms with Gasteiger partial charge in [-0.15, -0.1) is 6.58 Å². The molecule has 19 heteroatoms. The molecule has 8 N–H and O–H groups in total. The van der Waals surface area contributed by atoms with E-state index in [-0.39, 0.29) is 16.9 Å². The van der Waals surface area contributed by atoms with Gasteiger partial charge in [-0.2, -0.15) is 0 Å². The zero-order valence-corrected chi connectivity index (χ0v) is 26.9. The molecule has 5 rings (SSSR count). The first-order valence-corrected chi connectivity index (χ1v) is 15.6. The third-order valence-corrected chi connectivity index (χ3v) is 8.73. The van der Waals surface area contributed by atoms with Crippen LogP contribution in [0.1, 0.15) is 6.42 Å². The topological polar surface area (TPSA) is 291 Å². The number of aliphatic hydroxyl groups is 7. The van der Waals surface area contributed by atoms with Crippen LogP contribution in [0.25, 0.3) is 11.0 Å². The number of rotatable bonds is 11. The van der Waals surface area contributed by atoms with Gasteiger partial charge < -0.3 is 78.4 Å². The van der Waals surface area contributed by atoms with Gasteiger partial charge in [-0.25, -0.2) is 9.59 Å². The Morgan fingerprint density at radius 1 is 0.902 bits per heavy atom. The summed E-state index contributed by atoms with van der Waals surface area (Å²) in [4.78, 5) is 37.4. The van der Waals surface area contributed by atoms with E-state index in [0.717, 1.165) is 25.5 Å². The quantitative estimate of drug-likeness (QED) is 0.0662. The zero-order valence-electron chi connectivity index (χ0n) is 26.9. The minimum Gasteiger partial charge on any atom is -0.504 e. The minimum absolute atomic E-state index is 0.0267. The molecule has 0 radical (unpaired) electrons. The van der Waals surface area contributed by atoms with Crippen molar-refractivity contribution in [3.05, 3.63) is 59.2 Å². The summed E-state index contributed by atoms with van der Waals surface area (Å²) in [5.74, 6) is -4.72. The van der Waals surface area contributed by atoms with Crippen LogP contribution in [-0.2, 0) is 38.0 Å². The molecule has 0 spiro atoms. The van der Waals surface area contributed by atoms with E-state index in [1.807, 2.05) is 0 Å². The Bertz CT molecular complexity index is 1650. The van der Waals surface area contributed by atoms with Gasteiger partial charge in [0.2, 0.25) is 12.6 Å². The zero-order chi connectivity index (χ0) is 37.1. The maximum atomic E-state index is 13.2. The van der Waals surface area contributed by atoms with Gasteiger partial charge in [0.15, 0.2) is 17.8 Å². The molecular formula is C32H38O19. The van der Waals surface area contributed by atoms with Crippen LogP contribution >= 0.6 is 0 Å². The van der Waals surface area contributed by atoms with Gasteiger partial charge in [0.1, 0.15) is 61.0 Å². The van der Waals surface area contributed by atoms with Crippen LogP contribution in [0, 0.1) is 11.8 Å². The second-order valence-electron chi connectivity index (χ2n) is 12.0. The van der Waals surface area contributed by atoms with Crippen molar-refractivity contribution >= 4 is 22.9 Å². The van der Waals surface area contributed by atoms with Crippen molar-refractivity contribution in [3.8, 4) is 11.5 Å². The predicted octanol–water partition coefficient (Wildman–Crippen LogP) is -2.73. The summed E-state index contributed by atoms with van der Waals surface area (Å²) in [6, 6.07) is 4.91. The van der Waals surface area contributed by atoms with Crippen LogP contribution in [0.3, 0.4) is 0 Å². The molecule has 0 amide bonds. The van der Waals surface area contributed by atoms with Gasteiger partial charge in [0.25, 0.3) is 0 Å². The lowest BCUT2D eigenvalue weighted by Crippen LogP contribution is -2.60. The van der Waals surface area contributed by atoms with E-state index in [2.05, 4.69) is 6.58 Å². The lowest BCUT2D eigenvalue weighted by molar-refractivity contribution is -0.339. The Morgan fingerprint density at radius 2 is 1.57 bits per heavy atom. The lowest BCUT2D eigenvalue weighted by Gasteiger charge is -2.43. The third-order valence-electron chi connectivity index (χ3n) is 8.73. The Hall–Kier alpha value is -4.15. The second-order valence-corrected chi connectivity index (χ2v) is 12.0. The summed E-state index contributed by atoms with van der Waals surface area (Å²) >= 11 is 0. The number of aliphatic hydroxyl groups excluding tert-OH is 7. The number of benzene rings is 1. The van der Waals surface area contributed by atoms with Crippen molar-refractivity contribution in [2.45, 2.75) is 74.1 Å². The largest absolute Gasteiger partial charge is 0.504 e. The van der Waals surface area contributed by atoms with Gasteiger partial charge in [-0.3, -0.25) is 4.79 Å². The van der Waals surface area contributed by atoms with Crippen molar-refractivity contribution in [2.75, 3.05) is 20.3 Å². The SMILES string of the molecule is C=C[C@H]1[C@H](O[C@H]2O[C@@H](CO)[C@H](O)[C@H](O)[C@@H]2O)OC=C(C(=O)OC)[C@H]1CC(=O)OC[C@@H]1O[C@H](Oc2cc3oc(=O)ccc3cc2O)[C@@H](O)[C@H](O)[C@H]1O. The number of aromatic hydroxyl groups is 1. The van der Waals surface area contributed by atoms with E-state index >= 15 is 0 Å². The standard InChI is InChI=1S/C32H38O19/c1-3-13-14(15(29(43)44-2)10-46-30(13)51-32-28(42)25(39)23(37)19(9-33)49-32)7-22(36)45-11-20-24(38)26(40)27(41)31(50-20)48-18-8-17-12(6-16(18)34)4-5-21(35)47-17/h3-6,8,10,13-14,19-20,23-28,30-34,37-42H,1,7,9,11H2,2H3/t13-,14+,19+,20+,23+,24+,25+,26-,27+,28+,30+,31+,32-/m1/s1. The highest BCUT2D eigenvalue weighted by Crippen LogP contribution is 2.38. The molecule has 0 bridgehead atoms. The number of methoxy groups -OCH3 is 1. The molecule has 4 heterocycles. The van der Waals surface area contributed by atoms with Gasteiger partial charge >= 0.3 is 17.6 Å². The van der Waals surface area contributed by atoms with Crippen molar-refractivity contribution in [1.82, 2.24) is 0 Å². The fourth-order valence-electron chi connectivity index (χ4n) is 5.86. The van der Waals surface area contributed by atoms with Crippen LogP contribution in [0.15, 0.2) is 58.0 Å². The molecular weight excluding hydrogens is 688 g/mol. The first kappa shape index (κ1) is 38.1. The molecule has 51 heavy (non-hydrogen) atoms. The van der Waals surface area contributed by atoms with E-state index in [9.17, 15) is 55.2 Å². The first-order valence-electron chi connectivity index (χ1n) is 15.6. The average Bonchev–Trinajstić information content (AvgIpc) is 3.11. The molecule has 0 unspecified atom stereocenters. The second kappa shape index (κ2) is 16.0. The number of phenolic OH excluding ortho intramolecular Hbond substituents is 1. The number of carbonyl (C=O) groups is 2. The van der Waals surface area contributed by atoms with Gasteiger partial charge in [0.05, 0.1) is 32.0 Å². The van der Waals surface area contributed by atoms with Crippen molar-refractivity contribution in [3.63, 3.8) is 0 Å². The molecule has 3 aliphatic rings. The number of hydrogen-bond acceptors (Lipinski definition) is 19. The molecule has 2 fully saturated rings. The van der Waals surface area contributed by atoms with E-state index in [1.165, 1.54) is 18.2 Å². The number of carbonyl (C=O) groups excluding carboxylic acids is 2. The molecule has 3 aliphatic heterocycles. The number of esters is 2. The lowest BCUT2D eigenvalue weighted by atomic mass is 9.81. The fourth-order valence-corrected chi connectivity index (χ4v) is 5.86. The van der Waals surface area contributed by atoms with Crippen molar-refractivity contribution < 1.29 is 88.0 Å². The predicted molar refractivity (Wildman–Crippen MR) is 164 cm³/mol. The smallest absolute Gasteiger partial charge is 0.337 e. The van der Waals surface area contributed by atoms with E-state index in [0.29, 0.717) is 5.39 Å². The van der Waals surface area contributed by atoms with Gasteiger partial charge in [-0.1, -0.05) is 6.08 Å². The first-order chi connectivity index (χ1) is 24.3. The minimum atomic E-state index is -1.87. The Kier molecular flexibility index (Phi) is 12.0. The van der Waals surface area contributed by atoms with Crippen LogP contribution in [0.5, 0.6) is 11.5 Å². The van der Waals surface area contributed by atoms with Crippen molar-refractivity contribution in [1.29, 1.82) is 0 Å². The summed E-state index contributed by atoms with van der Waals surface area (Å²) < 4.78 is 43.0. The highest BCUT2D eigenvalue weighted by Gasteiger charge is 2.49. The van der Waals surface area contributed by atoms with E-state index < -0.39 is 122 Å². The number of fused-ring (bicyclic) bond motifs is 1.